The van der Waals surface area contributed by atoms with Gasteiger partial charge in [0.2, 0.25) is 0 Å². The lowest BCUT2D eigenvalue weighted by Gasteiger charge is -2.29. The lowest BCUT2D eigenvalue weighted by molar-refractivity contribution is -0.140. The molecule has 2 aromatic rings. The predicted molar refractivity (Wildman–Crippen MR) is 134 cm³/mol. The first-order valence-corrected chi connectivity index (χ1v) is 11.7. The summed E-state index contributed by atoms with van der Waals surface area (Å²) in [4.78, 5) is 23.6. The molecule has 0 saturated carbocycles. The third kappa shape index (κ3) is 10.9. The van der Waals surface area contributed by atoms with E-state index in [0.29, 0.717) is 19.3 Å². The van der Waals surface area contributed by atoms with Gasteiger partial charge < -0.3 is 25.7 Å². The zero-order valence-electron chi connectivity index (χ0n) is 20.7. The fourth-order valence-electron chi connectivity index (χ4n) is 3.42. The molecule has 0 aliphatic rings. The van der Waals surface area contributed by atoms with Crippen molar-refractivity contribution >= 4 is 12.6 Å². The maximum absolute atomic E-state index is 12.5. The molecule has 0 aliphatic heterocycles. The molecule has 35 heavy (non-hydrogen) atoms. The molecule has 0 bridgehead atoms. The predicted octanol–water partition coefficient (Wildman–Crippen LogP) is 2.60. The summed E-state index contributed by atoms with van der Waals surface area (Å²) in [6.07, 6.45) is -1.79. The smallest absolute Gasteiger partial charge is 0.422 e. The Morgan fingerprint density at radius 3 is 2.23 bits per heavy atom. The highest BCUT2D eigenvalue weighted by Crippen LogP contribution is 2.19. The number of hydrogen-bond donors (Lipinski definition) is 4. The zero-order chi connectivity index (χ0) is 25.7. The summed E-state index contributed by atoms with van der Waals surface area (Å²) in [6, 6.07) is 18.8. The third-order valence-electron chi connectivity index (χ3n) is 5.21. The van der Waals surface area contributed by atoms with E-state index >= 15 is 0 Å². The van der Waals surface area contributed by atoms with Gasteiger partial charge in [-0.25, -0.2) is 10.2 Å². The Kier molecular flexibility index (Phi) is 11.6. The Labute approximate surface area is 207 Å². The molecule has 0 heterocycles. The number of nitrogens with one attached hydrogen (secondary N) is 2. The standard InChI is InChI=1S/C26H38N4O5/c1-26(2,3)30-29-25(32)35-23(14-19-10-6-4-7-11-19)24(16-27)33-17-21(34-18-31)15-22(28)20-12-8-5-9-13-20/h4-13,18,21-24,30H,14-17,27-28H2,1-3H3,(H,29,32). The minimum absolute atomic E-state index is 0.0532. The molecule has 0 aromatic heterocycles. The molecule has 192 valence electrons. The molecule has 0 fully saturated rings. The number of carbonyl (C=O) groups is 2. The number of benzene rings is 2. The van der Waals surface area contributed by atoms with Crippen LogP contribution in [0.2, 0.25) is 0 Å². The van der Waals surface area contributed by atoms with E-state index in [2.05, 4.69) is 10.9 Å². The molecule has 1 amide bonds. The maximum atomic E-state index is 12.5. The van der Waals surface area contributed by atoms with Crippen LogP contribution in [0.3, 0.4) is 0 Å². The van der Waals surface area contributed by atoms with Crippen LogP contribution in [-0.2, 0) is 25.4 Å². The Morgan fingerprint density at radius 2 is 1.66 bits per heavy atom. The van der Waals surface area contributed by atoms with Gasteiger partial charge >= 0.3 is 6.09 Å². The molecule has 6 N–H and O–H groups in total. The normalized spacial score (nSPS) is 14.9. The molecule has 0 radical (unpaired) electrons. The van der Waals surface area contributed by atoms with Gasteiger partial charge in [-0.2, -0.15) is 0 Å². The van der Waals surface area contributed by atoms with E-state index < -0.39 is 24.4 Å². The van der Waals surface area contributed by atoms with Crippen molar-refractivity contribution in [3.63, 3.8) is 0 Å². The second kappa shape index (κ2) is 14.4. The monoisotopic (exact) mass is 486 g/mol. The Hall–Kier alpha value is -2.98. The number of ether oxygens (including phenoxy) is 3. The molecular formula is C26H38N4O5. The number of carbonyl (C=O) groups excluding carboxylic acids is 2. The van der Waals surface area contributed by atoms with E-state index in [0.717, 1.165) is 11.1 Å². The Morgan fingerprint density at radius 1 is 1.03 bits per heavy atom. The number of nitrogens with two attached hydrogens (primary N) is 2. The number of amides is 1. The minimum atomic E-state index is -0.677. The van der Waals surface area contributed by atoms with Crippen molar-refractivity contribution in [1.29, 1.82) is 0 Å². The molecule has 2 rings (SSSR count). The van der Waals surface area contributed by atoms with E-state index in [1.807, 2.05) is 81.4 Å². The van der Waals surface area contributed by atoms with E-state index in [1.54, 1.807) is 0 Å². The fourth-order valence-corrected chi connectivity index (χ4v) is 3.42. The SMILES string of the molecule is CC(C)(C)NNC(=O)OC(Cc1ccccc1)C(CN)OCC(CC(N)c1ccccc1)OC=O. The van der Waals surface area contributed by atoms with Gasteiger partial charge in [-0.1, -0.05) is 60.7 Å². The van der Waals surface area contributed by atoms with Crippen molar-refractivity contribution in [2.24, 2.45) is 11.5 Å². The summed E-state index contributed by atoms with van der Waals surface area (Å²) < 4.78 is 17.0. The topological polar surface area (TPSA) is 138 Å². The lowest BCUT2D eigenvalue weighted by Crippen LogP contribution is -2.51. The van der Waals surface area contributed by atoms with Crippen LogP contribution < -0.4 is 22.3 Å². The Bertz CT molecular complexity index is 876. The maximum Gasteiger partial charge on any atom is 0.422 e. The van der Waals surface area contributed by atoms with Crippen LogP contribution in [0.1, 0.15) is 44.4 Å². The number of hydrogen-bond acceptors (Lipinski definition) is 8. The summed E-state index contributed by atoms with van der Waals surface area (Å²) in [5.74, 6) is 0. The van der Waals surface area contributed by atoms with E-state index in [1.165, 1.54) is 0 Å². The molecular weight excluding hydrogens is 448 g/mol. The van der Waals surface area contributed by atoms with Gasteiger partial charge in [0.25, 0.3) is 6.47 Å². The van der Waals surface area contributed by atoms with Crippen molar-refractivity contribution in [2.75, 3.05) is 13.2 Å². The number of hydrazine groups is 1. The van der Waals surface area contributed by atoms with Crippen LogP contribution >= 0.6 is 0 Å². The highest BCUT2D eigenvalue weighted by atomic mass is 16.6. The largest absolute Gasteiger partial charge is 0.462 e. The van der Waals surface area contributed by atoms with Gasteiger partial charge in [0.1, 0.15) is 18.3 Å². The molecule has 9 nitrogen and oxygen atoms in total. The summed E-state index contributed by atoms with van der Waals surface area (Å²) in [5, 5.41) is 0. The van der Waals surface area contributed by atoms with Gasteiger partial charge in [0.15, 0.2) is 0 Å². The van der Waals surface area contributed by atoms with Gasteiger partial charge in [-0.3, -0.25) is 10.2 Å². The van der Waals surface area contributed by atoms with Crippen LogP contribution in [-0.4, -0.2) is 49.6 Å². The van der Waals surface area contributed by atoms with Crippen LogP contribution in [0, 0.1) is 0 Å². The van der Waals surface area contributed by atoms with Crippen LogP contribution in [0.15, 0.2) is 60.7 Å². The third-order valence-corrected chi connectivity index (χ3v) is 5.21. The average Bonchev–Trinajstić information content (AvgIpc) is 2.84. The summed E-state index contributed by atoms with van der Waals surface area (Å²) in [6.45, 7) is 6.26. The quantitative estimate of drug-likeness (QED) is 0.236. The van der Waals surface area contributed by atoms with Crippen LogP contribution in [0.5, 0.6) is 0 Å². The van der Waals surface area contributed by atoms with Crippen molar-refractivity contribution in [1.82, 2.24) is 10.9 Å². The number of rotatable bonds is 14. The highest BCUT2D eigenvalue weighted by Gasteiger charge is 2.28. The molecule has 4 atom stereocenters. The first kappa shape index (κ1) is 28.3. The van der Waals surface area contributed by atoms with Gasteiger partial charge in [-0.15, -0.1) is 0 Å². The van der Waals surface area contributed by atoms with Crippen molar-refractivity contribution in [3.05, 3.63) is 71.8 Å². The second-order valence-corrected chi connectivity index (χ2v) is 9.35. The lowest BCUT2D eigenvalue weighted by atomic mass is 10.0. The van der Waals surface area contributed by atoms with E-state index in [4.69, 9.17) is 25.7 Å². The first-order valence-electron chi connectivity index (χ1n) is 11.7. The van der Waals surface area contributed by atoms with Crippen molar-refractivity contribution in [2.45, 2.75) is 63.5 Å². The molecule has 0 saturated heterocycles. The highest BCUT2D eigenvalue weighted by molar-refractivity contribution is 5.66. The van der Waals surface area contributed by atoms with Gasteiger partial charge in [-0.05, 0) is 31.9 Å². The average molecular weight is 487 g/mol. The van der Waals surface area contributed by atoms with E-state index in [-0.39, 0.29) is 24.7 Å². The van der Waals surface area contributed by atoms with E-state index in [9.17, 15) is 9.59 Å². The second-order valence-electron chi connectivity index (χ2n) is 9.35. The minimum Gasteiger partial charge on any atom is -0.462 e. The zero-order valence-corrected chi connectivity index (χ0v) is 20.7. The van der Waals surface area contributed by atoms with Crippen molar-refractivity contribution in [3.8, 4) is 0 Å². The fraction of sp³-hybridized carbons (Fsp3) is 0.462. The molecule has 4 unspecified atom stereocenters. The van der Waals surface area contributed by atoms with Crippen LogP contribution in [0.4, 0.5) is 4.79 Å². The molecule has 2 aromatic carbocycles. The van der Waals surface area contributed by atoms with Crippen molar-refractivity contribution < 1.29 is 23.8 Å². The van der Waals surface area contributed by atoms with Gasteiger partial charge in [0.05, 0.1) is 6.61 Å². The van der Waals surface area contributed by atoms with Gasteiger partial charge in [0, 0.05) is 31.0 Å². The summed E-state index contributed by atoms with van der Waals surface area (Å²) in [5.41, 5.74) is 19.3. The summed E-state index contributed by atoms with van der Waals surface area (Å²) >= 11 is 0. The molecule has 9 heteroatoms. The molecule has 0 spiro atoms. The summed E-state index contributed by atoms with van der Waals surface area (Å²) in [7, 11) is 0. The Balaban J connectivity index is 2.07. The first-order chi connectivity index (χ1) is 16.7. The molecule has 0 aliphatic carbocycles. The van der Waals surface area contributed by atoms with Crippen LogP contribution in [0.25, 0.3) is 0 Å².